The number of fused-ring (bicyclic) bond motifs is 1. The molecule has 2 aromatic rings. The summed E-state index contributed by atoms with van der Waals surface area (Å²) in [5.74, 6) is 0. The second-order valence-electron chi connectivity index (χ2n) is 3.24. The molecule has 15 heavy (non-hydrogen) atoms. The fraction of sp³-hybridized carbons (Fsp3) is 0.182. The number of hydrogen-bond donors (Lipinski definition) is 0. The molecule has 1 aromatic heterocycles. The summed E-state index contributed by atoms with van der Waals surface area (Å²) >= 11 is 0. The fourth-order valence-electron chi connectivity index (χ4n) is 1.74. The average Bonchev–Trinajstić information content (AvgIpc) is 2.27. The number of benzene rings is 1. The Bertz CT molecular complexity index is 523. The quantitative estimate of drug-likeness (QED) is 0.555. The van der Waals surface area contributed by atoms with Crippen LogP contribution < -0.4 is 0 Å². The van der Waals surface area contributed by atoms with Crippen molar-refractivity contribution in [3.05, 3.63) is 46.1 Å². The van der Waals surface area contributed by atoms with Gasteiger partial charge in [0.05, 0.1) is 10.4 Å². The minimum atomic E-state index is -0.342. The first-order valence-corrected chi connectivity index (χ1v) is 4.75. The van der Waals surface area contributed by atoms with Crippen LogP contribution in [0.2, 0.25) is 0 Å². The van der Waals surface area contributed by atoms with Gasteiger partial charge in [0.15, 0.2) is 0 Å². The van der Waals surface area contributed by atoms with Gasteiger partial charge in [0.25, 0.3) is 5.69 Å². The Labute approximate surface area is 86.7 Å². The molecular formula is C11H10N2O2. The molecule has 0 atom stereocenters. The zero-order chi connectivity index (χ0) is 10.8. The van der Waals surface area contributed by atoms with E-state index in [4.69, 9.17) is 0 Å². The van der Waals surface area contributed by atoms with Crippen LogP contribution in [0, 0.1) is 10.1 Å². The molecule has 76 valence electrons. The van der Waals surface area contributed by atoms with Crippen LogP contribution in [0.3, 0.4) is 0 Å². The third kappa shape index (κ3) is 1.54. The van der Waals surface area contributed by atoms with E-state index in [9.17, 15) is 10.1 Å². The van der Waals surface area contributed by atoms with E-state index >= 15 is 0 Å². The van der Waals surface area contributed by atoms with E-state index in [1.807, 2.05) is 13.0 Å². The van der Waals surface area contributed by atoms with Crippen molar-refractivity contribution in [3.63, 3.8) is 0 Å². The van der Waals surface area contributed by atoms with E-state index in [1.54, 1.807) is 18.3 Å². The molecule has 0 unspecified atom stereocenters. The molecule has 1 heterocycles. The van der Waals surface area contributed by atoms with Gasteiger partial charge >= 0.3 is 0 Å². The first-order chi connectivity index (χ1) is 7.24. The maximum Gasteiger partial charge on any atom is 0.273 e. The Morgan fingerprint density at radius 3 is 2.87 bits per heavy atom. The van der Waals surface area contributed by atoms with Crippen LogP contribution in [0.4, 0.5) is 5.69 Å². The number of hydrogen-bond acceptors (Lipinski definition) is 3. The first-order valence-electron chi connectivity index (χ1n) is 4.75. The van der Waals surface area contributed by atoms with Gasteiger partial charge in [-0.3, -0.25) is 15.1 Å². The summed E-state index contributed by atoms with van der Waals surface area (Å²) in [6, 6.07) is 6.88. The Hall–Kier alpha value is -1.97. The van der Waals surface area contributed by atoms with Crippen LogP contribution in [-0.2, 0) is 6.42 Å². The topological polar surface area (TPSA) is 56.0 Å². The fourth-order valence-corrected chi connectivity index (χ4v) is 1.74. The Morgan fingerprint density at radius 2 is 2.20 bits per heavy atom. The number of pyridine rings is 1. The zero-order valence-electron chi connectivity index (χ0n) is 8.30. The summed E-state index contributed by atoms with van der Waals surface area (Å²) in [4.78, 5) is 14.6. The number of nitro benzene ring substituents is 1. The summed E-state index contributed by atoms with van der Waals surface area (Å²) in [6.07, 6.45) is 2.33. The summed E-state index contributed by atoms with van der Waals surface area (Å²) in [5, 5.41) is 11.7. The van der Waals surface area contributed by atoms with Gasteiger partial charge in [-0.2, -0.15) is 0 Å². The van der Waals surface area contributed by atoms with E-state index in [2.05, 4.69) is 4.98 Å². The largest absolute Gasteiger partial charge is 0.273 e. The van der Waals surface area contributed by atoms with Crippen molar-refractivity contribution >= 4 is 16.6 Å². The molecule has 2 rings (SSSR count). The summed E-state index contributed by atoms with van der Waals surface area (Å²) in [6.45, 7) is 1.91. The van der Waals surface area contributed by atoms with E-state index in [-0.39, 0.29) is 10.6 Å². The minimum Gasteiger partial charge on any atom is -0.258 e. The second kappa shape index (κ2) is 3.65. The van der Waals surface area contributed by atoms with Crippen LogP contribution in [-0.4, -0.2) is 9.91 Å². The molecule has 0 saturated carbocycles. The van der Waals surface area contributed by atoms with Gasteiger partial charge in [0.1, 0.15) is 0 Å². The van der Waals surface area contributed by atoms with Gasteiger partial charge in [-0.25, -0.2) is 0 Å². The Kier molecular flexibility index (Phi) is 2.33. The van der Waals surface area contributed by atoms with Crippen molar-refractivity contribution < 1.29 is 4.92 Å². The molecule has 4 heteroatoms. The highest BCUT2D eigenvalue weighted by Crippen LogP contribution is 2.26. The lowest BCUT2D eigenvalue weighted by Gasteiger charge is -2.03. The van der Waals surface area contributed by atoms with Gasteiger partial charge in [-0.05, 0) is 18.6 Å². The maximum atomic E-state index is 10.8. The van der Waals surface area contributed by atoms with E-state index in [1.165, 1.54) is 6.07 Å². The average molecular weight is 202 g/mol. The van der Waals surface area contributed by atoms with Crippen LogP contribution in [0.5, 0.6) is 0 Å². The summed E-state index contributed by atoms with van der Waals surface area (Å²) < 4.78 is 0. The molecule has 0 aliphatic rings. The molecular weight excluding hydrogens is 192 g/mol. The van der Waals surface area contributed by atoms with Gasteiger partial charge in [-0.1, -0.05) is 13.0 Å². The molecule has 0 N–H and O–H groups in total. The van der Waals surface area contributed by atoms with Gasteiger partial charge < -0.3 is 0 Å². The number of nitro groups is 1. The van der Waals surface area contributed by atoms with Gasteiger partial charge in [-0.15, -0.1) is 0 Å². The maximum absolute atomic E-state index is 10.8. The summed E-state index contributed by atoms with van der Waals surface area (Å²) in [7, 11) is 0. The van der Waals surface area contributed by atoms with E-state index in [0.29, 0.717) is 6.42 Å². The van der Waals surface area contributed by atoms with Gasteiger partial charge in [0.2, 0.25) is 0 Å². The highest BCUT2D eigenvalue weighted by molar-refractivity contribution is 5.85. The molecule has 0 fully saturated rings. The number of aromatic nitrogens is 1. The molecule has 0 spiro atoms. The van der Waals surface area contributed by atoms with Crippen molar-refractivity contribution in [2.75, 3.05) is 0 Å². The third-order valence-electron chi connectivity index (χ3n) is 2.42. The Morgan fingerprint density at radius 1 is 1.40 bits per heavy atom. The van der Waals surface area contributed by atoms with Crippen molar-refractivity contribution in [2.45, 2.75) is 13.3 Å². The smallest absolute Gasteiger partial charge is 0.258 e. The van der Waals surface area contributed by atoms with Crippen molar-refractivity contribution in [1.82, 2.24) is 4.98 Å². The zero-order valence-corrected chi connectivity index (χ0v) is 8.30. The highest BCUT2D eigenvalue weighted by atomic mass is 16.6. The molecule has 0 aliphatic heterocycles. The number of rotatable bonds is 2. The van der Waals surface area contributed by atoms with Crippen LogP contribution in [0.1, 0.15) is 12.5 Å². The van der Waals surface area contributed by atoms with E-state index in [0.717, 1.165) is 16.5 Å². The van der Waals surface area contributed by atoms with Crippen LogP contribution in [0.15, 0.2) is 30.5 Å². The normalized spacial score (nSPS) is 10.5. The predicted molar refractivity (Wildman–Crippen MR) is 57.8 cm³/mol. The molecule has 0 amide bonds. The highest BCUT2D eigenvalue weighted by Gasteiger charge is 2.14. The minimum absolute atomic E-state index is 0.179. The van der Waals surface area contributed by atoms with Crippen molar-refractivity contribution in [3.8, 4) is 0 Å². The molecule has 1 aromatic carbocycles. The molecule has 0 bridgehead atoms. The van der Waals surface area contributed by atoms with Crippen LogP contribution >= 0.6 is 0 Å². The molecule has 0 saturated heterocycles. The predicted octanol–water partition coefficient (Wildman–Crippen LogP) is 2.71. The third-order valence-corrected chi connectivity index (χ3v) is 2.42. The van der Waals surface area contributed by atoms with Crippen molar-refractivity contribution in [1.29, 1.82) is 0 Å². The number of nitrogens with zero attached hydrogens (tertiary/aromatic N) is 2. The lowest BCUT2D eigenvalue weighted by atomic mass is 10.0. The lowest BCUT2D eigenvalue weighted by molar-refractivity contribution is -0.385. The Balaban J connectivity index is 2.81. The summed E-state index contributed by atoms with van der Waals surface area (Å²) in [5.41, 5.74) is 1.74. The van der Waals surface area contributed by atoms with Crippen LogP contribution in [0.25, 0.3) is 10.9 Å². The lowest BCUT2D eigenvalue weighted by Crippen LogP contribution is -1.95. The molecule has 0 radical (unpaired) electrons. The standard InChI is InChI=1S/C11H10N2O2/c1-2-8-9-4-3-7-12-10(9)5-6-11(8)13(14)15/h3-7H,2H2,1H3. The molecule has 4 nitrogen and oxygen atoms in total. The SMILES string of the molecule is CCc1c([N+](=O)[O-])ccc2ncccc12. The second-order valence-corrected chi connectivity index (χ2v) is 3.24. The first kappa shape index (κ1) is 9.58. The molecule has 0 aliphatic carbocycles. The monoisotopic (exact) mass is 202 g/mol. The number of aryl methyl sites for hydroxylation is 1. The van der Waals surface area contributed by atoms with Gasteiger partial charge in [0, 0.05) is 23.2 Å². The van der Waals surface area contributed by atoms with E-state index < -0.39 is 0 Å². The van der Waals surface area contributed by atoms with Crippen molar-refractivity contribution in [2.24, 2.45) is 0 Å².